The Labute approximate surface area is 222 Å². The number of amidine groups is 1. The molecule has 8 nitrogen and oxygen atoms in total. The Kier molecular flexibility index (Phi) is 9.24. The van der Waals surface area contributed by atoms with E-state index in [1.165, 1.54) is 11.8 Å². The van der Waals surface area contributed by atoms with Gasteiger partial charge in [-0.05, 0) is 74.0 Å². The molecule has 37 heavy (non-hydrogen) atoms. The maximum Gasteiger partial charge on any atom is 0.266 e. The highest BCUT2D eigenvalue weighted by molar-refractivity contribution is 8.18. The van der Waals surface area contributed by atoms with Crippen molar-refractivity contribution in [3.63, 3.8) is 0 Å². The van der Waals surface area contributed by atoms with Crippen molar-refractivity contribution in [3.05, 3.63) is 58.5 Å². The summed E-state index contributed by atoms with van der Waals surface area (Å²) in [6, 6.07) is 12.9. The van der Waals surface area contributed by atoms with Gasteiger partial charge in [0.2, 0.25) is 0 Å². The molecule has 2 aromatic rings. The molecular weight excluding hydrogens is 490 g/mol. The first kappa shape index (κ1) is 26.8. The zero-order valence-electron chi connectivity index (χ0n) is 21.6. The number of hydrogen-bond donors (Lipinski definition) is 0. The zero-order valence-corrected chi connectivity index (χ0v) is 22.4. The smallest absolute Gasteiger partial charge is 0.266 e. The molecule has 9 heteroatoms. The average Bonchev–Trinajstić information content (AvgIpc) is 3.21. The number of amides is 2. The Morgan fingerprint density at radius 2 is 1.89 bits per heavy atom. The minimum Gasteiger partial charge on any atom is -0.490 e. The van der Waals surface area contributed by atoms with Crippen molar-refractivity contribution in [2.75, 3.05) is 46.1 Å². The lowest BCUT2D eigenvalue weighted by Crippen LogP contribution is -2.40. The fourth-order valence-electron chi connectivity index (χ4n) is 4.00. The van der Waals surface area contributed by atoms with Crippen molar-refractivity contribution in [1.29, 1.82) is 0 Å². The summed E-state index contributed by atoms with van der Waals surface area (Å²) < 4.78 is 16.9. The van der Waals surface area contributed by atoms with Crippen molar-refractivity contribution >= 4 is 40.5 Å². The van der Waals surface area contributed by atoms with Crippen LogP contribution in [0.5, 0.6) is 11.5 Å². The lowest BCUT2D eigenvalue weighted by molar-refractivity contribution is -0.122. The Hall–Kier alpha value is -3.30. The lowest BCUT2D eigenvalue weighted by atomic mass is 10.1. The molecule has 2 saturated heterocycles. The van der Waals surface area contributed by atoms with Crippen LogP contribution < -0.4 is 9.47 Å². The van der Waals surface area contributed by atoms with Gasteiger partial charge in [-0.1, -0.05) is 19.1 Å². The molecule has 2 heterocycles. The number of benzene rings is 2. The van der Waals surface area contributed by atoms with E-state index in [4.69, 9.17) is 19.2 Å². The summed E-state index contributed by atoms with van der Waals surface area (Å²) in [5.41, 5.74) is 2.05. The van der Waals surface area contributed by atoms with Crippen LogP contribution in [-0.2, 0) is 9.53 Å². The molecule has 196 valence electrons. The monoisotopic (exact) mass is 523 g/mol. The molecule has 0 spiro atoms. The molecule has 0 radical (unpaired) electrons. The second kappa shape index (κ2) is 12.8. The molecule has 2 aliphatic rings. The minimum absolute atomic E-state index is 0.0371. The van der Waals surface area contributed by atoms with Crippen molar-refractivity contribution < 1.29 is 23.8 Å². The molecule has 0 saturated carbocycles. The van der Waals surface area contributed by atoms with Gasteiger partial charge in [0, 0.05) is 25.2 Å². The molecule has 0 atom stereocenters. The first-order chi connectivity index (χ1) is 18.0. The fourth-order valence-corrected chi connectivity index (χ4v) is 5.07. The Morgan fingerprint density at radius 1 is 1.08 bits per heavy atom. The number of rotatable bonds is 9. The first-order valence-corrected chi connectivity index (χ1v) is 13.5. The Balaban J connectivity index is 1.57. The molecule has 0 bridgehead atoms. The molecule has 2 aromatic carbocycles. The first-order valence-electron chi connectivity index (χ1n) is 12.7. The summed E-state index contributed by atoms with van der Waals surface area (Å²) >= 11 is 1.32. The SMILES string of the molecule is CCCOc1ccc(/C=C2/SC(=Nc3cccc(C(=O)N4CCOCC4)c3)N(CC)C2=O)cc1OCC. The summed E-state index contributed by atoms with van der Waals surface area (Å²) in [5, 5.41) is 0.586. The predicted molar refractivity (Wildman–Crippen MR) is 147 cm³/mol. The van der Waals surface area contributed by atoms with Crippen LogP contribution in [0.1, 0.15) is 43.1 Å². The number of morpholine rings is 1. The number of likely N-dealkylation sites (N-methyl/N-ethyl adjacent to an activating group) is 1. The molecule has 0 unspecified atom stereocenters. The predicted octanol–water partition coefficient (Wildman–Crippen LogP) is 4.97. The molecule has 2 fully saturated rings. The zero-order chi connectivity index (χ0) is 26.2. The van der Waals surface area contributed by atoms with Gasteiger partial charge in [0.25, 0.3) is 11.8 Å². The van der Waals surface area contributed by atoms with Crippen molar-refractivity contribution in [3.8, 4) is 11.5 Å². The highest BCUT2D eigenvalue weighted by atomic mass is 32.2. The quantitative estimate of drug-likeness (QED) is 0.432. The topological polar surface area (TPSA) is 80.7 Å². The largest absolute Gasteiger partial charge is 0.490 e. The third kappa shape index (κ3) is 6.53. The molecule has 0 aromatic heterocycles. The number of carbonyl (C=O) groups excluding carboxylic acids is 2. The van der Waals surface area contributed by atoms with Crippen molar-refractivity contribution in [2.45, 2.75) is 27.2 Å². The highest BCUT2D eigenvalue weighted by Gasteiger charge is 2.32. The van der Waals surface area contributed by atoms with Crippen molar-refractivity contribution in [2.24, 2.45) is 4.99 Å². The van der Waals surface area contributed by atoms with Crippen LogP contribution in [0.25, 0.3) is 6.08 Å². The number of thioether (sulfide) groups is 1. The maximum absolute atomic E-state index is 13.2. The lowest BCUT2D eigenvalue weighted by Gasteiger charge is -2.26. The van der Waals surface area contributed by atoms with Crippen LogP contribution in [0.2, 0.25) is 0 Å². The number of nitrogens with zero attached hydrogens (tertiary/aromatic N) is 3. The van der Waals surface area contributed by atoms with Gasteiger partial charge < -0.3 is 19.1 Å². The van der Waals surface area contributed by atoms with E-state index in [0.717, 1.165) is 12.0 Å². The van der Waals surface area contributed by atoms with Gasteiger partial charge in [0.15, 0.2) is 16.7 Å². The average molecular weight is 524 g/mol. The van der Waals surface area contributed by atoms with E-state index in [9.17, 15) is 9.59 Å². The number of carbonyl (C=O) groups is 2. The van der Waals surface area contributed by atoms with Gasteiger partial charge in [-0.15, -0.1) is 0 Å². The van der Waals surface area contributed by atoms with Crippen LogP contribution in [0, 0.1) is 0 Å². The van der Waals surface area contributed by atoms with Crippen LogP contribution in [0.4, 0.5) is 5.69 Å². The summed E-state index contributed by atoms with van der Waals surface area (Å²) in [6.07, 6.45) is 2.75. The second-order valence-electron chi connectivity index (χ2n) is 8.50. The third-order valence-corrected chi connectivity index (χ3v) is 6.85. The van der Waals surface area contributed by atoms with Gasteiger partial charge in [-0.3, -0.25) is 14.5 Å². The minimum atomic E-state index is -0.101. The summed E-state index contributed by atoms with van der Waals surface area (Å²) in [6.45, 7) is 9.78. The highest BCUT2D eigenvalue weighted by Crippen LogP contribution is 2.36. The molecule has 4 rings (SSSR count). The van der Waals surface area contributed by atoms with Crippen LogP contribution in [0.15, 0.2) is 52.4 Å². The van der Waals surface area contributed by atoms with Crippen LogP contribution in [0.3, 0.4) is 0 Å². The van der Waals surface area contributed by atoms with E-state index in [2.05, 4.69) is 6.92 Å². The Morgan fingerprint density at radius 3 is 2.62 bits per heavy atom. The third-order valence-electron chi connectivity index (χ3n) is 5.85. The number of hydrogen-bond acceptors (Lipinski definition) is 7. The van der Waals surface area contributed by atoms with Gasteiger partial charge in [0.1, 0.15) is 0 Å². The molecule has 2 aliphatic heterocycles. The van der Waals surface area contributed by atoms with Gasteiger partial charge in [-0.2, -0.15) is 0 Å². The van der Waals surface area contributed by atoms with E-state index < -0.39 is 0 Å². The van der Waals surface area contributed by atoms with E-state index in [1.54, 1.807) is 21.9 Å². The van der Waals surface area contributed by atoms with E-state index in [-0.39, 0.29) is 11.8 Å². The number of ether oxygens (including phenoxy) is 3. The van der Waals surface area contributed by atoms with Crippen LogP contribution >= 0.6 is 11.8 Å². The number of aliphatic imine (C=N–C) groups is 1. The van der Waals surface area contributed by atoms with E-state index in [1.807, 2.05) is 50.3 Å². The molecule has 0 aliphatic carbocycles. The van der Waals surface area contributed by atoms with Crippen molar-refractivity contribution in [1.82, 2.24) is 9.80 Å². The van der Waals surface area contributed by atoms with E-state index >= 15 is 0 Å². The summed E-state index contributed by atoms with van der Waals surface area (Å²) in [5.74, 6) is 1.21. The molecular formula is C28H33N3O5S. The van der Waals surface area contributed by atoms with E-state index in [0.29, 0.717) is 78.9 Å². The summed E-state index contributed by atoms with van der Waals surface area (Å²) in [4.78, 5) is 34.8. The van der Waals surface area contributed by atoms with Gasteiger partial charge in [-0.25, -0.2) is 4.99 Å². The van der Waals surface area contributed by atoms with Gasteiger partial charge in [0.05, 0.1) is 37.0 Å². The molecule has 0 N–H and O–H groups in total. The fraction of sp³-hybridized carbons (Fsp3) is 0.393. The Bertz CT molecular complexity index is 1190. The maximum atomic E-state index is 13.2. The standard InChI is InChI=1S/C28H33N3O5S/c1-4-14-36-23-11-10-20(17-24(23)35-6-3)18-25-27(33)31(5-2)28(37-25)29-22-9-7-8-21(19-22)26(32)30-12-15-34-16-13-30/h7-11,17-19H,4-6,12-16H2,1-3H3/b25-18+,29-28?. The van der Waals surface area contributed by atoms with Crippen LogP contribution in [-0.4, -0.2) is 72.8 Å². The second-order valence-corrected chi connectivity index (χ2v) is 9.51. The summed E-state index contributed by atoms with van der Waals surface area (Å²) in [7, 11) is 0. The normalized spacial score (nSPS) is 18.1. The van der Waals surface area contributed by atoms with Gasteiger partial charge >= 0.3 is 0 Å². The molecule has 2 amide bonds.